The molecular formula is C11H12BrFO3. The monoisotopic (exact) mass is 290 g/mol. The number of ether oxygens (including phenoxy) is 1. The lowest BCUT2D eigenvalue weighted by Gasteiger charge is -2.17. The molecule has 0 aliphatic heterocycles. The summed E-state index contributed by atoms with van der Waals surface area (Å²) in [6.45, 7) is 1.52. The molecule has 0 bridgehead atoms. The minimum atomic E-state index is -1.07. The van der Waals surface area contributed by atoms with Gasteiger partial charge in [-0.1, -0.05) is 6.07 Å². The van der Waals surface area contributed by atoms with E-state index < -0.39 is 23.8 Å². The molecule has 0 fully saturated rings. The third kappa shape index (κ3) is 2.80. The Morgan fingerprint density at radius 3 is 2.69 bits per heavy atom. The summed E-state index contributed by atoms with van der Waals surface area (Å²) in [5.74, 6) is -1.74. The highest BCUT2D eigenvalue weighted by Gasteiger charge is 2.24. The average Bonchev–Trinajstić information content (AvgIpc) is 2.29. The van der Waals surface area contributed by atoms with Crippen molar-refractivity contribution in [3.8, 4) is 0 Å². The molecule has 2 atom stereocenters. The number of halogens is 2. The molecular weight excluding hydrogens is 279 g/mol. The van der Waals surface area contributed by atoms with Gasteiger partial charge in [0.05, 0.1) is 23.6 Å². The molecule has 1 N–H and O–H groups in total. The first-order valence-corrected chi connectivity index (χ1v) is 5.47. The molecule has 16 heavy (non-hydrogen) atoms. The van der Waals surface area contributed by atoms with E-state index in [-0.39, 0.29) is 0 Å². The van der Waals surface area contributed by atoms with E-state index in [4.69, 9.17) is 0 Å². The molecule has 3 nitrogen and oxygen atoms in total. The smallest absolute Gasteiger partial charge is 0.311 e. The topological polar surface area (TPSA) is 46.5 Å². The Balaban J connectivity index is 2.91. The van der Waals surface area contributed by atoms with E-state index in [9.17, 15) is 14.3 Å². The van der Waals surface area contributed by atoms with Crippen molar-refractivity contribution >= 4 is 21.9 Å². The van der Waals surface area contributed by atoms with Gasteiger partial charge in [-0.25, -0.2) is 4.39 Å². The minimum absolute atomic E-state index is 0.314. The Kier molecular flexibility index (Phi) is 4.44. The Hall–Kier alpha value is -0.940. The van der Waals surface area contributed by atoms with Crippen molar-refractivity contribution in [2.24, 2.45) is 5.92 Å². The van der Waals surface area contributed by atoms with Crippen molar-refractivity contribution in [1.29, 1.82) is 0 Å². The van der Waals surface area contributed by atoms with Crippen LogP contribution in [0, 0.1) is 11.7 Å². The third-order valence-electron chi connectivity index (χ3n) is 2.33. The van der Waals surface area contributed by atoms with E-state index in [1.165, 1.54) is 26.2 Å². The summed E-state index contributed by atoms with van der Waals surface area (Å²) < 4.78 is 18.0. The van der Waals surface area contributed by atoms with Crippen molar-refractivity contribution < 1.29 is 19.0 Å². The van der Waals surface area contributed by atoms with E-state index in [0.717, 1.165) is 0 Å². The highest BCUT2D eigenvalue weighted by Crippen LogP contribution is 2.26. The van der Waals surface area contributed by atoms with Gasteiger partial charge in [0.2, 0.25) is 0 Å². The largest absolute Gasteiger partial charge is 0.469 e. The number of rotatable bonds is 3. The van der Waals surface area contributed by atoms with Gasteiger partial charge in [0, 0.05) is 0 Å². The van der Waals surface area contributed by atoms with Crippen LogP contribution in [-0.2, 0) is 9.53 Å². The number of esters is 1. The molecule has 0 aliphatic rings. The van der Waals surface area contributed by atoms with Crippen molar-refractivity contribution in [3.05, 3.63) is 34.1 Å². The van der Waals surface area contributed by atoms with Crippen molar-refractivity contribution in [2.45, 2.75) is 13.0 Å². The van der Waals surface area contributed by atoms with Gasteiger partial charge in [-0.15, -0.1) is 0 Å². The van der Waals surface area contributed by atoms with Gasteiger partial charge in [-0.2, -0.15) is 0 Å². The molecule has 0 aliphatic carbocycles. The molecule has 1 rings (SSSR count). The summed E-state index contributed by atoms with van der Waals surface area (Å²) in [6.07, 6.45) is -1.07. The first kappa shape index (κ1) is 13.1. The Labute approximate surface area is 101 Å². The second-order valence-corrected chi connectivity index (χ2v) is 4.28. The zero-order valence-electron chi connectivity index (χ0n) is 8.91. The highest BCUT2D eigenvalue weighted by molar-refractivity contribution is 9.10. The summed E-state index contributed by atoms with van der Waals surface area (Å²) in [4.78, 5) is 11.2. The van der Waals surface area contributed by atoms with Gasteiger partial charge in [-0.3, -0.25) is 4.79 Å². The molecule has 88 valence electrons. The maximum Gasteiger partial charge on any atom is 0.311 e. The number of carbonyl (C=O) groups excluding carboxylic acids is 1. The second kappa shape index (κ2) is 5.41. The maximum absolute atomic E-state index is 13.2. The lowest BCUT2D eigenvalue weighted by molar-refractivity contribution is -0.148. The fraction of sp³-hybridized carbons (Fsp3) is 0.364. The Morgan fingerprint density at radius 1 is 1.56 bits per heavy atom. The zero-order valence-corrected chi connectivity index (χ0v) is 10.5. The lowest BCUT2D eigenvalue weighted by Crippen LogP contribution is -2.20. The minimum Gasteiger partial charge on any atom is -0.469 e. The van der Waals surface area contributed by atoms with E-state index in [1.54, 1.807) is 6.07 Å². The number of hydrogen-bond donors (Lipinski definition) is 1. The number of hydrogen-bond acceptors (Lipinski definition) is 3. The number of benzene rings is 1. The predicted molar refractivity (Wildman–Crippen MR) is 60.2 cm³/mol. The van der Waals surface area contributed by atoms with Gasteiger partial charge in [0.15, 0.2) is 0 Å². The fourth-order valence-corrected chi connectivity index (χ4v) is 1.55. The van der Waals surface area contributed by atoms with Gasteiger partial charge >= 0.3 is 5.97 Å². The van der Waals surface area contributed by atoms with Crippen LogP contribution < -0.4 is 0 Å². The van der Waals surface area contributed by atoms with Crippen LogP contribution in [0.3, 0.4) is 0 Å². The summed E-state index contributed by atoms with van der Waals surface area (Å²) in [5, 5.41) is 9.82. The Morgan fingerprint density at radius 2 is 2.19 bits per heavy atom. The molecule has 0 radical (unpaired) electrons. The number of aliphatic hydroxyl groups is 1. The summed E-state index contributed by atoms with van der Waals surface area (Å²) in [7, 11) is 1.24. The first-order valence-electron chi connectivity index (χ1n) is 4.68. The average molecular weight is 291 g/mol. The molecule has 5 heteroatoms. The highest BCUT2D eigenvalue weighted by atomic mass is 79.9. The van der Waals surface area contributed by atoms with Crippen molar-refractivity contribution in [2.75, 3.05) is 7.11 Å². The van der Waals surface area contributed by atoms with E-state index in [1.807, 2.05) is 0 Å². The van der Waals surface area contributed by atoms with Gasteiger partial charge in [-0.05, 0) is 40.5 Å². The Bertz CT molecular complexity index is 395. The SMILES string of the molecule is COC(=O)C(C)C(O)c1ccc(Br)c(F)c1. The van der Waals surface area contributed by atoms with Crippen LogP contribution in [0.25, 0.3) is 0 Å². The molecule has 0 saturated heterocycles. The quantitative estimate of drug-likeness (QED) is 0.870. The van der Waals surface area contributed by atoms with Gasteiger partial charge in [0.25, 0.3) is 0 Å². The molecule has 0 amide bonds. The van der Waals surface area contributed by atoms with Crippen LogP contribution in [0.5, 0.6) is 0 Å². The van der Waals surface area contributed by atoms with Crippen molar-refractivity contribution in [1.82, 2.24) is 0 Å². The fourth-order valence-electron chi connectivity index (χ4n) is 1.30. The summed E-state index contributed by atoms with van der Waals surface area (Å²) >= 11 is 3.01. The van der Waals surface area contributed by atoms with Crippen LogP contribution in [0.2, 0.25) is 0 Å². The van der Waals surface area contributed by atoms with Crippen LogP contribution in [-0.4, -0.2) is 18.2 Å². The van der Waals surface area contributed by atoms with Crippen molar-refractivity contribution in [3.63, 3.8) is 0 Å². The predicted octanol–water partition coefficient (Wildman–Crippen LogP) is 2.43. The zero-order chi connectivity index (χ0) is 12.3. The van der Waals surface area contributed by atoms with Crippen LogP contribution in [0.1, 0.15) is 18.6 Å². The summed E-state index contributed by atoms with van der Waals surface area (Å²) in [6, 6.07) is 4.23. The third-order valence-corrected chi connectivity index (χ3v) is 2.97. The first-order chi connectivity index (χ1) is 7.47. The molecule has 0 aromatic heterocycles. The number of methoxy groups -OCH3 is 1. The standard InChI is InChI=1S/C11H12BrFO3/c1-6(11(15)16-2)10(14)7-3-4-8(12)9(13)5-7/h3-6,10,14H,1-2H3. The van der Waals surface area contributed by atoms with E-state index >= 15 is 0 Å². The normalized spacial score (nSPS) is 14.3. The second-order valence-electron chi connectivity index (χ2n) is 3.43. The molecule has 1 aromatic carbocycles. The molecule has 0 saturated carbocycles. The lowest BCUT2D eigenvalue weighted by atomic mass is 9.97. The van der Waals surface area contributed by atoms with E-state index in [2.05, 4.69) is 20.7 Å². The molecule has 0 heterocycles. The van der Waals surface area contributed by atoms with Crippen LogP contribution >= 0.6 is 15.9 Å². The van der Waals surface area contributed by atoms with Gasteiger partial charge < -0.3 is 9.84 Å². The van der Waals surface area contributed by atoms with Gasteiger partial charge in [0.1, 0.15) is 5.82 Å². The molecule has 0 spiro atoms. The van der Waals surface area contributed by atoms with E-state index in [0.29, 0.717) is 10.0 Å². The van der Waals surface area contributed by atoms with Crippen LogP contribution in [0.15, 0.2) is 22.7 Å². The number of aliphatic hydroxyl groups excluding tert-OH is 1. The summed E-state index contributed by atoms with van der Waals surface area (Å²) in [5.41, 5.74) is 0.346. The molecule has 2 unspecified atom stereocenters. The molecule has 1 aromatic rings. The maximum atomic E-state index is 13.2. The number of carbonyl (C=O) groups is 1. The van der Waals surface area contributed by atoms with Crippen LogP contribution in [0.4, 0.5) is 4.39 Å².